The Morgan fingerprint density at radius 3 is 2.17 bits per heavy atom. The van der Waals surface area contributed by atoms with Gasteiger partial charge in [0.2, 0.25) is 5.91 Å². The molecule has 5 nitrogen and oxygen atoms in total. The van der Waals surface area contributed by atoms with Crippen LogP contribution in [0.2, 0.25) is 0 Å². The van der Waals surface area contributed by atoms with Gasteiger partial charge in [0.1, 0.15) is 6.33 Å². The molecule has 1 heterocycles. The highest BCUT2D eigenvalue weighted by Crippen LogP contribution is 2.22. The number of thioether (sulfide) groups is 1. The summed E-state index contributed by atoms with van der Waals surface area (Å²) in [5.74, 6) is 0.231. The van der Waals surface area contributed by atoms with Gasteiger partial charge in [-0.15, -0.1) is 0 Å². The van der Waals surface area contributed by atoms with Crippen molar-refractivity contribution in [2.75, 3.05) is 5.75 Å². The van der Waals surface area contributed by atoms with Gasteiger partial charge in [-0.3, -0.25) is 9.89 Å². The highest BCUT2D eigenvalue weighted by atomic mass is 32.2. The number of H-pyrrole nitrogens is 1. The Bertz CT molecular complexity index is 692. The van der Waals surface area contributed by atoms with E-state index in [4.69, 9.17) is 0 Å². The molecule has 23 heavy (non-hydrogen) atoms. The van der Waals surface area contributed by atoms with E-state index in [9.17, 15) is 4.79 Å². The molecular formula is C17H16N4OS. The van der Waals surface area contributed by atoms with Gasteiger partial charge < -0.3 is 5.32 Å². The van der Waals surface area contributed by atoms with Crippen molar-refractivity contribution in [3.05, 3.63) is 78.1 Å². The SMILES string of the molecule is O=C(CSc1ncn[nH]1)NC(c1ccccc1)c1ccccc1. The molecule has 0 spiro atoms. The highest BCUT2D eigenvalue weighted by Gasteiger charge is 2.16. The molecule has 6 heteroatoms. The lowest BCUT2D eigenvalue weighted by molar-refractivity contribution is -0.119. The first-order chi connectivity index (χ1) is 11.3. The van der Waals surface area contributed by atoms with Gasteiger partial charge in [0, 0.05) is 0 Å². The van der Waals surface area contributed by atoms with Gasteiger partial charge in [0.15, 0.2) is 5.16 Å². The van der Waals surface area contributed by atoms with Gasteiger partial charge >= 0.3 is 0 Å². The molecule has 116 valence electrons. The van der Waals surface area contributed by atoms with Crippen LogP contribution in [0.25, 0.3) is 0 Å². The quantitative estimate of drug-likeness (QED) is 0.684. The molecule has 0 aliphatic heterocycles. The van der Waals surface area contributed by atoms with Gasteiger partial charge in [-0.25, -0.2) is 4.98 Å². The zero-order chi connectivity index (χ0) is 15.9. The molecule has 0 saturated heterocycles. The van der Waals surface area contributed by atoms with E-state index in [0.717, 1.165) is 11.1 Å². The number of rotatable bonds is 6. The zero-order valence-corrected chi connectivity index (χ0v) is 13.2. The summed E-state index contributed by atoms with van der Waals surface area (Å²) in [5, 5.41) is 10.2. The molecule has 0 unspecified atom stereocenters. The lowest BCUT2D eigenvalue weighted by atomic mass is 9.99. The average Bonchev–Trinajstić information content (AvgIpc) is 3.13. The van der Waals surface area contributed by atoms with E-state index in [0.29, 0.717) is 5.16 Å². The zero-order valence-electron chi connectivity index (χ0n) is 12.3. The Morgan fingerprint density at radius 1 is 1.04 bits per heavy atom. The topological polar surface area (TPSA) is 70.7 Å². The number of hydrogen-bond acceptors (Lipinski definition) is 4. The normalized spacial score (nSPS) is 10.7. The second-order valence-electron chi connectivity index (χ2n) is 4.90. The van der Waals surface area contributed by atoms with Crippen LogP contribution in [0.5, 0.6) is 0 Å². The van der Waals surface area contributed by atoms with E-state index in [1.807, 2.05) is 60.7 Å². The summed E-state index contributed by atoms with van der Waals surface area (Å²) in [5.41, 5.74) is 2.11. The van der Waals surface area contributed by atoms with Gasteiger partial charge in [0.05, 0.1) is 11.8 Å². The number of carbonyl (C=O) groups is 1. The largest absolute Gasteiger partial charge is 0.344 e. The minimum atomic E-state index is -0.166. The van der Waals surface area contributed by atoms with E-state index in [2.05, 4.69) is 20.5 Å². The maximum absolute atomic E-state index is 12.3. The number of nitrogens with zero attached hydrogens (tertiary/aromatic N) is 2. The Balaban J connectivity index is 1.72. The average molecular weight is 324 g/mol. The van der Waals surface area contributed by atoms with Crippen LogP contribution in [-0.4, -0.2) is 26.8 Å². The molecule has 3 rings (SSSR count). The molecule has 0 fully saturated rings. The van der Waals surface area contributed by atoms with Crippen LogP contribution in [0.4, 0.5) is 0 Å². The third kappa shape index (κ3) is 4.20. The van der Waals surface area contributed by atoms with Crippen molar-refractivity contribution in [1.29, 1.82) is 0 Å². The third-order valence-corrected chi connectivity index (χ3v) is 4.18. The smallest absolute Gasteiger partial charge is 0.231 e. The first-order valence-corrected chi connectivity index (χ1v) is 8.19. The predicted molar refractivity (Wildman–Crippen MR) is 90.0 cm³/mol. The van der Waals surface area contributed by atoms with Gasteiger partial charge in [-0.1, -0.05) is 72.4 Å². The summed E-state index contributed by atoms with van der Waals surface area (Å²) in [4.78, 5) is 16.3. The maximum atomic E-state index is 12.3. The van der Waals surface area contributed by atoms with E-state index in [-0.39, 0.29) is 17.7 Å². The number of carbonyl (C=O) groups excluding carboxylic acids is 1. The number of aromatic nitrogens is 3. The fourth-order valence-corrected chi connectivity index (χ4v) is 2.84. The number of hydrogen-bond donors (Lipinski definition) is 2. The second-order valence-corrected chi connectivity index (χ2v) is 5.87. The van der Waals surface area contributed by atoms with Gasteiger partial charge in [-0.2, -0.15) is 5.10 Å². The summed E-state index contributed by atoms with van der Waals surface area (Å²) in [7, 11) is 0. The molecule has 3 aromatic rings. The summed E-state index contributed by atoms with van der Waals surface area (Å²) < 4.78 is 0. The summed E-state index contributed by atoms with van der Waals surface area (Å²) in [6.07, 6.45) is 1.43. The fourth-order valence-electron chi connectivity index (χ4n) is 2.25. The maximum Gasteiger partial charge on any atom is 0.231 e. The third-order valence-electron chi connectivity index (χ3n) is 3.30. The van der Waals surface area contributed by atoms with Crippen LogP contribution < -0.4 is 5.32 Å². The van der Waals surface area contributed by atoms with Crippen molar-refractivity contribution in [2.24, 2.45) is 0 Å². The van der Waals surface area contributed by atoms with Crippen molar-refractivity contribution >= 4 is 17.7 Å². The number of benzene rings is 2. The minimum absolute atomic E-state index is 0.0518. The standard InChI is InChI=1S/C17H16N4OS/c22-15(11-23-17-18-12-19-21-17)20-16(13-7-3-1-4-8-13)14-9-5-2-6-10-14/h1-10,12,16H,11H2,(H,20,22)(H,18,19,21). The van der Waals surface area contributed by atoms with Gasteiger partial charge in [0.25, 0.3) is 0 Å². The Labute approximate surface area is 138 Å². The van der Waals surface area contributed by atoms with Crippen molar-refractivity contribution in [1.82, 2.24) is 20.5 Å². The fraction of sp³-hybridized carbons (Fsp3) is 0.118. The molecule has 2 N–H and O–H groups in total. The summed E-state index contributed by atoms with van der Waals surface area (Å²) in [6.45, 7) is 0. The van der Waals surface area contributed by atoms with Crippen molar-refractivity contribution in [2.45, 2.75) is 11.2 Å². The number of aromatic amines is 1. The Hall–Kier alpha value is -2.60. The van der Waals surface area contributed by atoms with Crippen molar-refractivity contribution in [3.63, 3.8) is 0 Å². The van der Waals surface area contributed by atoms with E-state index >= 15 is 0 Å². The van der Waals surface area contributed by atoms with Crippen LogP contribution in [0.15, 0.2) is 72.1 Å². The first kappa shape index (κ1) is 15.3. The molecule has 1 amide bonds. The van der Waals surface area contributed by atoms with Crippen LogP contribution in [-0.2, 0) is 4.79 Å². The molecule has 0 radical (unpaired) electrons. The molecule has 0 aliphatic carbocycles. The van der Waals surface area contributed by atoms with Crippen molar-refractivity contribution in [3.8, 4) is 0 Å². The minimum Gasteiger partial charge on any atom is -0.344 e. The van der Waals surface area contributed by atoms with Crippen molar-refractivity contribution < 1.29 is 4.79 Å². The second kappa shape index (κ2) is 7.60. The molecular weight excluding hydrogens is 308 g/mol. The number of amides is 1. The van der Waals surface area contributed by atoms with Crippen LogP contribution in [0.3, 0.4) is 0 Å². The molecule has 0 bridgehead atoms. The van der Waals surface area contributed by atoms with Crippen LogP contribution in [0.1, 0.15) is 17.2 Å². The number of nitrogens with one attached hydrogen (secondary N) is 2. The van der Waals surface area contributed by atoms with Gasteiger partial charge in [-0.05, 0) is 11.1 Å². The Morgan fingerprint density at radius 2 is 1.65 bits per heavy atom. The molecule has 2 aromatic carbocycles. The lowest BCUT2D eigenvalue weighted by Gasteiger charge is -2.19. The first-order valence-electron chi connectivity index (χ1n) is 7.20. The molecule has 0 atom stereocenters. The molecule has 0 saturated carbocycles. The summed E-state index contributed by atoms with van der Waals surface area (Å²) in [6, 6.07) is 19.7. The predicted octanol–water partition coefficient (Wildman–Crippen LogP) is 2.80. The lowest BCUT2D eigenvalue weighted by Crippen LogP contribution is -2.30. The molecule has 0 aliphatic rings. The van der Waals surface area contributed by atoms with E-state index < -0.39 is 0 Å². The van der Waals surface area contributed by atoms with E-state index in [1.54, 1.807) is 0 Å². The van der Waals surface area contributed by atoms with Crippen LogP contribution >= 0.6 is 11.8 Å². The Kier molecular flexibility index (Phi) is 5.06. The van der Waals surface area contributed by atoms with E-state index in [1.165, 1.54) is 18.1 Å². The molecule has 1 aromatic heterocycles. The highest BCUT2D eigenvalue weighted by molar-refractivity contribution is 7.99. The summed E-state index contributed by atoms with van der Waals surface area (Å²) >= 11 is 1.33. The van der Waals surface area contributed by atoms with Crippen LogP contribution in [0, 0.1) is 0 Å². The monoisotopic (exact) mass is 324 g/mol.